The molecule has 0 saturated carbocycles. The van der Waals surface area contributed by atoms with Crippen LogP contribution in [0.1, 0.15) is 19.0 Å². The Morgan fingerprint density at radius 2 is 2.29 bits per heavy atom. The van der Waals surface area contributed by atoms with Crippen LogP contribution in [-0.2, 0) is 6.54 Å². The van der Waals surface area contributed by atoms with E-state index in [-0.39, 0.29) is 0 Å². The summed E-state index contributed by atoms with van der Waals surface area (Å²) in [4.78, 5) is 8.08. The van der Waals surface area contributed by atoms with Crippen molar-refractivity contribution < 1.29 is 0 Å². The highest BCUT2D eigenvalue weighted by molar-refractivity contribution is 7.99. The molecule has 2 aromatic rings. The zero-order valence-corrected chi connectivity index (χ0v) is 10.7. The predicted molar refractivity (Wildman–Crippen MR) is 67.8 cm³/mol. The summed E-state index contributed by atoms with van der Waals surface area (Å²) in [6.45, 7) is 4.91. The predicted octanol–water partition coefficient (Wildman–Crippen LogP) is 2.12. The average molecular weight is 249 g/mol. The van der Waals surface area contributed by atoms with Crippen molar-refractivity contribution in [2.75, 3.05) is 5.73 Å². The molecule has 17 heavy (non-hydrogen) atoms. The van der Waals surface area contributed by atoms with Gasteiger partial charge in [-0.2, -0.15) is 5.10 Å². The number of nitrogens with zero attached hydrogens (tertiary/aromatic N) is 4. The summed E-state index contributed by atoms with van der Waals surface area (Å²) in [5.41, 5.74) is 7.64. The molecular weight excluding hydrogens is 234 g/mol. The molecule has 0 aliphatic carbocycles. The molecule has 0 aliphatic heterocycles. The fourth-order valence-corrected chi connectivity index (χ4v) is 2.41. The van der Waals surface area contributed by atoms with Gasteiger partial charge in [-0.3, -0.25) is 4.68 Å². The largest absolute Gasteiger partial charge is 0.395 e. The second-order valence-corrected chi connectivity index (χ2v) is 4.69. The van der Waals surface area contributed by atoms with Crippen molar-refractivity contribution >= 4 is 17.4 Å². The van der Waals surface area contributed by atoms with Crippen LogP contribution < -0.4 is 5.73 Å². The highest BCUT2D eigenvalue weighted by atomic mass is 32.2. The number of anilines is 1. The van der Waals surface area contributed by atoms with E-state index in [9.17, 15) is 0 Å². The number of nitrogen functional groups attached to an aromatic ring is 1. The van der Waals surface area contributed by atoms with Crippen LogP contribution in [0.4, 0.5) is 5.69 Å². The van der Waals surface area contributed by atoms with E-state index in [4.69, 9.17) is 5.73 Å². The number of nitrogens with two attached hydrogens (primary N) is 1. The quantitative estimate of drug-likeness (QED) is 0.840. The lowest BCUT2D eigenvalue weighted by Gasteiger charge is -2.05. The molecule has 0 spiro atoms. The molecule has 2 rings (SSSR count). The molecule has 2 heterocycles. The van der Waals surface area contributed by atoms with E-state index in [1.54, 1.807) is 6.20 Å². The lowest BCUT2D eigenvalue weighted by Crippen LogP contribution is -2.01. The number of hydrogen-bond acceptors (Lipinski definition) is 5. The number of aryl methyl sites for hydroxylation is 2. The summed E-state index contributed by atoms with van der Waals surface area (Å²) in [5.74, 6) is 0. The molecule has 2 aromatic heterocycles. The van der Waals surface area contributed by atoms with Crippen LogP contribution in [0.3, 0.4) is 0 Å². The van der Waals surface area contributed by atoms with Gasteiger partial charge in [0, 0.05) is 12.7 Å². The highest BCUT2D eigenvalue weighted by Crippen LogP contribution is 2.32. The van der Waals surface area contributed by atoms with Crippen molar-refractivity contribution in [1.82, 2.24) is 19.7 Å². The van der Waals surface area contributed by atoms with Gasteiger partial charge in [0.1, 0.15) is 16.4 Å². The summed E-state index contributed by atoms with van der Waals surface area (Å²) in [6.07, 6.45) is 4.28. The molecule has 90 valence electrons. The summed E-state index contributed by atoms with van der Waals surface area (Å²) in [6, 6.07) is 1.86. The lowest BCUT2D eigenvalue weighted by molar-refractivity contribution is 0.556. The molecule has 0 bridgehead atoms. The molecule has 2 N–H and O–H groups in total. The zero-order valence-electron chi connectivity index (χ0n) is 9.92. The highest BCUT2D eigenvalue weighted by Gasteiger charge is 2.13. The first-order valence-corrected chi connectivity index (χ1v) is 6.30. The van der Waals surface area contributed by atoms with Gasteiger partial charge in [-0.05, 0) is 31.2 Å². The summed E-state index contributed by atoms with van der Waals surface area (Å²) < 4.78 is 1.94. The molecule has 0 atom stereocenters. The maximum atomic E-state index is 6.03. The SMILES string of the molecule is CCCn1nc(C)c(N)c1Sc1ccncn1. The standard InChI is InChI=1S/C11H15N5S/c1-3-6-16-11(10(12)8(2)15-16)17-9-4-5-13-7-14-9/h4-5,7H,3,6,12H2,1-2H3. The molecule has 6 heteroatoms. The molecular formula is C11H15N5S. The average Bonchev–Trinajstić information content (AvgIpc) is 2.59. The Balaban J connectivity index is 2.31. The molecule has 0 fully saturated rings. The molecule has 0 amide bonds. The van der Waals surface area contributed by atoms with E-state index < -0.39 is 0 Å². The first-order valence-electron chi connectivity index (χ1n) is 5.49. The van der Waals surface area contributed by atoms with Gasteiger partial charge < -0.3 is 5.73 Å². The Kier molecular flexibility index (Phi) is 3.63. The van der Waals surface area contributed by atoms with Crippen molar-refractivity contribution in [2.45, 2.75) is 36.9 Å². The molecule has 0 aromatic carbocycles. The Bertz CT molecular complexity index is 494. The summed E-state index contributed by atoms with van der Waals surface area (Å²) in [5, 5.41) is 6.26. The third-order valence-corrected chi connectivity index (χ3v) is 3.39. The van der Waals surface area contributed by atoms with E-state index in [2.05, 4.69) is 22.0 Å². The van der Waals surface area contributed by atoms with Crippen molar-refractivity contribution in [1.29, 1.82) is 0 Å². The number of aromatic nitrogens is 4. The summed E-state index contributed by atoms with van der Waals surface area (Å²) in [7, 11) is 0. The Morgan fingerprint density at radius 1 is 1.47 bits per heavy atom. The van der Waals surface area contributed by atoms with Gasteiger partial charge in [0.15, 0.2) is 0 Å². The lowest BCUT2D eigenvalue weighted by atomic mass is 10.4. The van der Waals surface area contributed by atoms with E-state index in [0.717, 1.165) is 34.4 Å². The topological polar surface area (TPSA) is 69.6 Å². The molecule has 0 saturated heterocycles. The number of rotatable bonds is 4. The zero-order chi connectivity index (χ0) is 12.3. The third kappa shape index (κ3) is 2.58. The Hall–Kier alpha value is -1.56. The monoisotopic (exact) mass is 249 g/mol. The van der Waals surface area contributed by atoms with Gasteiger partial charge in [0.25, 0.3) is 0 Å². The minimum absolute atomic E-state index is 0.738. The minimum Gasteiger partial charge on any atom is -0.395 e. The van der Waals surface area contributed by atoms with Crippen molar-refractivity contribution in [3.63, 3.8) is 0 Å². The second kappa shape index (κ2) is 5.18. The van der Waals surface area contributed by atoms with Crippen LogP contribution in [0.2, 0.25) is 0 Å². The van der Waals surface area contributed by atoms with Crippen LogP contribution in [0.25, 0.3) is 0 Å². The van der Waals surface area contributed by atoms with Gasteiger partial charge in [-0.1, -0.05) is 6.92 Å². The fourth-order valence-electron chi connectivity index (χ4n) is 1.48. The van der Waals surface area contributed by atoms with Gasteiger partial charge >= 0.3 is 0 Å². The normalized spacial score (nSPS) is 10.7. The molecule has 0 radical (unpaired) electrons. The van der Waals surface area contributed by atoms with Gasteiger partial charge in [-0.25, -0.2) is 9.97 Å². The Labute approximate surface area is 104 Å². The third-order valence-electron chi connectivity index (χ3n) is 2.32. The van der Waals surface area contributed by atoms with E-state index in [1.165, 1.54) is 18.1 Å². The van der Waals surface area contributed by atoms with E-state index in [0.29, 0.717) is 0 Å². The summed E-state index contributed by atoms with van der Waals surface area (Å²) >= 11 is 1.53. The van der Waals surface area contributed by atoms with Crippen LogP contribution in [0.5, 0.6) is 0 Å². The smallest absolute Gasteiger partial charge is 0.123 e. The van der Waals surface area contributed by atoms with Gasteiger partial charge in [-0.15, -0.1) is 0 Å². The van der Waals surface area contributed by atoms with Crippen molar-refractivity contribution in [3.05, 3.63) is 24.3 Å². The molecule has 5 nitrogen and oxygen atoms in total. The minimum atomic E-state index is 0.738. The van der Waals surface area contributed by atoms with Crippen molar-refractivity contribution in [2.24, 2.45) is 0 Å². The van der Waals surface area contributed by atoms with Gasteiger partial charge in [0.05, 0.1) is 11.4 Å². The van der Waals surface area contributed by atoms with Crippen LogP contribution in [0.15, 0.2) is 28.6 Å². The van der Waals surface area contributed by atoms with Gasteiger partial charge in [0.2, 0.25) is 0 Å². The fraction of sp³-hybridized carbons (Fsp3) is 0.364. The maximum absolute atomic E-state index is 6.03. The Morgan fingerprint density at radius 3 is 2.94 bits per heavy atom. The first-order chi connectivity index (χ1) is 8.22. The van der Waals surface area contributed by atoms with Crippen LogP contribution >= 0.6 is 11.8 Å². The molecule has 0 unspecified atom stereocenters. The number of hydrogen-bond donors (Lipinski definition) is 1. The van der Waals surface area contributed by atoms with Crippen LogP contribution in [-0.4, -0.2) is 19.7 Å². The second-order valence-electron chi connectivity index (χ2n) is 3.68. The molecule has 0 aliphatic rings. The first kappa shape index (κ1) is 11.9. The maximum Gasteiger partial charge on any atom is 0.123 e. The van der Waals surface area contributed by atoms with Crippen LogP contribution in [0, 0.1) is 6.92 Å². The van der Waals surface area contributed by atoms with Crippen molar-refractivity contribution in [3.8, 4) is 0 Å². The van der Waals surface area contributed by atoms with E-state index in [1.807, 2.05) is 17.7 Å². The van der Waals surface area contributed by atoms with E-state index >= 15 is 0 Å².